The van der Waals surface area contributed by atoms with Crippen LogP contribution in [-0.2, 0) is 12.8 Å². The highest BCUT2D eigenvalue weighted by Crippen LogP contribution is 2.45. The lowest BCUT2D eigenvalue weighted by atomic mass is 9.89. The van der Waals surface area contributed by atoms with Crippen LogP contribution in [0.4, 0.5) is 0 Å². The predicted octanol–water partition coefficient (Wildman–Crippen LogP) is 10.4. The quantitative estimate of drug-likeness (QED) is 0.156. The Morgan fingerprint density at radius 1 is 0.260 bits per heavy atom. The summed E-state index contributed by atoms with van der Waals surface area (Å²) in [5, 5.41) is 2.65. The molecular formula is C50H36. The average Bonchev–Trinajstić information content (AvgIpc) is 3.67. The zero-order valence-corrected chi connectivity index (χ0v) is 27.9. The minimum absolute atomic E-state index is 0.851. The molecule has 0 radical (unpaired) electrons. The first-order valence-electron chi connectivity index (χ1n) is 17.5. The van der Waals surface area contributed by atoms with E-state index in [1.165, 1.54) is 88.4 Å². The molecule has 2 aliphatic carbocycles. The third-order valence-electron chi connectivity index (χ3n) is 10.1. The van der Waals surface area contributed by atoms with E-state index in [1.54, 1.807) is 0 Å². The van der Waals surface area contributed by atoms with Crippen LogP contribution in [0.25, 0.3) is 33.4 Å². The number of hydrogen-bond acceptors (Lipinski definition) is 0. The van der Waals surface area contributed by atoms with E-state index in [9.17, 15) is 0 Å². The molecule has 7 aromatic rings. The molecule has 0 nitrogen and oxygen atoms in total. The van der Waals surface area contributed by atoms with E-state index >= 15 is 0 Å². The summed E-state index contributed by atoms with van der Waals surface area (Å²) < 4.78 is 0. The molecular weight excluding hydrogens is 601 g/mol. The molecule has 0 aliphatic heterocycles. The second kappa shape index (κ2) is 13.0. The van der Waals surface area contributed by atoms with E-state index in [0.29, 0.717) is 0 Å². The van der Waals surface area contributed by atoms with Crippen molar-refractivity contribution >= 4 is 33.4 Å². The molecule has 0 aromatic heterocycles. The zero-order chi connectivity index (χ0) is 33.3. The van der Waals surface area contributed by atoms with Crippen LogP contribution in [0.3, 0.4) is 0 Å². The Kier molecular flexibility index (Phi) is 7.76. The largest absolute Gasteiger partial charge is 0.0622 e. The summed E-state index contributed by atoms with van der Waals surface area (Å²) in [5.74, 6) is 0. The predicted molar refractivity (Wildman–Crippen MR) is 210 cm³/mol. The van der Waals surface area contributed by atoms with Gasteiger partial charge in [-0.15, -0.1) is 0 Å². The third-order valence-corrected chi connectivity index (χ3v) is 10.1. The van der Waals surface area contributed by atoms with Gasteiger partial charge in [-0.05, 0) is 113 Å². The summed E-state index contributed by atoms with van der Waals surface area (Å²) >= 11 is 0. The standard InChI is InChI=1S/C50H36/c1-7-19-35(20-8-1)31-43-41-33-46-42(34-45(41)49(39-27-15-5-16-28-39)47(43)37-23-11-3-12-24-37)44(32-36-21-9-2-10-22-36)48(38-25-13-4-14-26-38)50(46)40-29-17-6-18-30-40/h1-30,33-34H,31-32H2. The topological polar surface area (TPSA) is 0 Å². The van der Waals surface area contributed by atoms with E-state index in [-0.39, 0.29) is 0 Å². The van der Waals surface area contributed by atoms with Crippen molar-refractivity contribution in [2.45, 2.75) is 12.8 Å². The first-order valence-corrected chi connectivity index (χ1v) is 17.5. The minimum Gasteiger partial charge on any atom is -0.0622 e. The van der Waals surface area contributed by atoms with Crippen molar-refractivity contribution in [2.24, 2.45) is 0 Å². The summed E-state index contributed by atoms with van der Waals surface area (Å²) in [4.78, 5) is 0. The fraction of sp³-hybridized carbons (Fsp3) is 0.0400. The molecule has 0 spiro atoms. The van der Waals surface area contributed by atoms with E-state index in [1.807, 2.05) is 0 Å². The smallest absolute Gasteiger partial charge is 0.00132 e. The molecule has 50 heavy (non-hydrogen) atoms. The maximum absolute atomic E-state index is 2.53. The fourth-order valence-corrected chi connectivity index (χ4v) is 7.98. The molecule has 7 aromatic carbocycles. The van der Waals surface area contributed by atoms with Crippen molar-refractivity contribution in [3.63, 3.8) is 0 Å². The maximum Gasteiger partial charge on any atom is -0.00132 e. The van der Waals surface area contributed by atoms with E-state index < -0.39 is 0 Å². The van der Waals surface area contributed by atoms with Crippen LogP contribution in [0.2, 0.25) is 0 Å². The van der Waals surface area contributed by atoms with Gasteiger partial charge in [-0.2, -0.15) is 0 Å². The van der Waals surface area contributed by atoms with Gasteiger partial charge >= 0.3 is 0 Å². The first kappa shape index (κ1) is 29.9. The second-order valence-electron chi connectivity index (χ2n) is 13.2. The van der Waals surface area contributed by atoms with Crippen LogP contribution in [0.1, 0.15) is 44.5 Å². The molecule has 0 heterocycles. The summed E-state index contributed by atoms with van der Waals surface area (Å²) in [6.07, 6.45) is 1.70. The molecule has 0 saturated heterocycles. The summed E-state index contributed by atoms with van der Waals surface area (Å²) in [5.41, 5.74) is 18.3. The van der Waals surface area contributed by atoms with Crippen molar-refractivity contribution < 1.29 is 0 Å². The number of hydrogen-bond donors (Lipinski definition) is 0. The molecule has 0 fully saturated rings. The van der Waals surface area contributed by atoms with Crippen molar-refractivity contribution in [3.8, 4) is 0 Å². The molecule has 0 unspecified atom stereocenters. The van der Waals surface area contributed by atoms with Gasteiger partial charge in [0.25, 0.3) is 0 Å². The third kappa shape index (κ3) is 5.36. The van der Waals surface area contributed by atoms with Crippen LogP contribution >= 0.6 is 0 Å². The monoisotopic (exact) mass is 636 g/mol. The Balaban J connectivity index is 1.42. The number of allylic oxidation sites excluding steroid dienone is 2. The van der Waals surface area contributed by atoms with Gasteiger partial charge in [0.05, 0.1) is 0 Å². The molecule has 9 rings (SSSR count). The van der Waals surface area contributed by atoms with Crippen LogP contribution in [0.5, 0.6) is 0 Å². The van der Waals surface area contributed by atoms with E-state index in [2.05, 4.69) is 194 Å². The Morgan fingerprint density at radius 3 is 0.820 bits per heavy atom. The lowest BCUT2D eigenvalue weighted by molar-refractivity contribution is 1.28. The zero-order valence-electron chi connectivity index (χ0n) is 27.9. The molecule has 0 heteroatoms. The van der Waals surface area contributed by atoms with Gasteiger partial charge in [0.1, 0.15) is 0 Å². The van der Waals surface area contributed by atoms with E-state index in [0.717, 1.165) is 12.8 Å². The molecule has 0 amide bonds. The van der Waals surface area contributed by atoms with Gasteiger partial charge in [0, 0.05) is 0 Å². The highest BCUT2D eigenvalue weighted by Gasteiger charge is 2.31. The number of benzene rings is 7. The highest BCUT2D eigenvalue weighted by atomic mass is 14.3. The van der Waals surface area contributed by atoms with Crippen molar-refractivity contribution in [3.05, 3.63) is 249 Å². The SMILES string of the molecule is c1ccc(CC2=c3cc4c(cc3C(c3ccccc3)=C2c2ccccc2)=C(Cc2ccccc2)C(c2ccccc2)=C4c2ccccc2)cc1. The van der Waals surface area contributed by atoms with Crippen LogP contribution < -0.4 is 10.4 Å². The Labute approximate surface area is 294 Å². The number of fused-ring (bicyclic) bond motifs is 2. The van der Waals surface area contributed by atoms with Gasteiger partial charge < -0.3 is 0 Å². The van der Waals surface area contributed by atoms with Gasteiger partial charge in [-0.25, -0.2) is 0 Å². The molecule has 236 valence electrons. The minimum atomic E-state index is 0.851. The molecule has 2 aliphatic rings. The molecule has 0 saturated carbocycles. The number of rotatable bonds is 8. The van der Waals surface area contributed by atoms with E-state index in [4.69, 9.17) is 0 Å². The first-order chi connectivity index (χ1) is 24.8. The summed E-state index contributed by atoms with van der Waals surface area (Å²) in [6.45, 7) is 0. The van der Waals surface area contributed by atoms with Gasteiger partial charge in [-0.1, -0.05) is 182 Å². The van der Waals surface area contributed by atoms with Crippen LogP contribution in [0.15, 0.2) is 194 Å². The molecule has 0 atom stereocenters. The lowest BCUT2D eigenvalue weighted by Crippen LogP contribution is -2.19. The highest BCUT2D eigenvalue weighted by molar-refractivity contribution is 6.21. The Bertz CT molecular complexity index is 2320. The van der Waals surface area contributed by atoms with Gasteiger partial charge in [0.15, 0.2) is 0 Å². The molecule has 0 bridgehead atoms. The van der Waals surface area contributed by atoms with Crippen molar-refractivity contribution in [2.75, 3.05) is 0 Å². The summed E-state index contributed by atoms with van der Waals surface area (Å²) in [6, 6.07) is 71.0. The Hall–Kier alpha value is -6.24. The van der Waals surface area contributed by atoms with Crippen molar-refractivity contribution in [1.29, 1.82) is 0 Å². The summed E-state index contributed by atoms with van der Waals surface area (Å²) in [7, 11) is 0. The van der Waals surface area contributed by atoms with Crippen LogP contribution in [0, 0.1) is 0 Å². The normalized spacial score (nSPS) is 13.5. The van der Waals surface area contributed by atoms with Gasteiger partial charge in [0.2, 0.25) is 0 Å². The second-order valence-corrected chi connectivity index (χ2v) is 13.2. The van der Waals surface area contributed by atoms with Gasteiger partial charge in [-0.3, -0.25) is 0 Å². The maximum atomic E-state index is 2.53. The average molecular weight is 637 g/mol. The molecule has 0 N–H and O–H groups in total. The van der Waals surface area contributed by atoms with Crippen LogP contribution in [-0.4, -0.2) is 0 Å². The fourth-order valence-electron chi connectivity index (χ4n) is 7.98. The Morgan fingerprint density at radius 2 is 0.520 bits per heavy atom. The van der Waals surface area contributed by atoms with Crippen molar-refractivity contribution in [1.82, 2.24) is 0 Å². The lowest BCUT2D eigenvalue weighted by Gasteiger charge is -2.15.